The molecule has 0 aliphatic carbocycles. The van der Waals surface area contributed by atoms with Crippen LogP contribution in [0.4, 0.5) is 0 Å². The molecule has 0 bridgehead atoms. The first kappa shape index (κ1) is 18.3. The first-order chi connectivity index (χ1) is 11.3. The normalized spacial score (nSPS) is 11.0. The second-order valence-corrected chi connectivity index (χ2v) is 7.48. The van der Waals surface area contributed by atoms with Crippen molar-refractivity contribution in [3.63, 3.8) is 0 Å². The van der Waals surface area contributed by atoms with Crippen molar-refractivity contribution in [1.29, 1.82) is 0 Å². The van der Waals surface area contributed by atoms with Gasteiger partial charge in [0.05, 0.1) is 19.1 Å². The Balaban J connectivity index is 2.33. The van der Waals surface area contributed by atoms with E-state index in [0.717, 1.165) is 0 Å². The monoisotopic (exact) mass is 413 g/mol. The molecule has 6 nitrogen and oxygen atoms in total. The Morgan fingerprint density at radius 1 is 1.04 bits per heavy atom. The molecule has 0 aliphatic heterocycles. The van der Waals surface area contributed by atoms with E-state index in [4.69, 9.17) is 9.47 Å². The number of rotatable bonds is 5. The van der Waals surface area contributed by atoms with Crippen LogP contribution in [-0.4, -0.2) is 28.5 Å². The van der Waals surface area contributed by atoms with Crippen molar-refractivity contribution in [1.82, 2.24) is 4.72 Å². The quantitative estimate of drug-likeness (QED) is 0.814. The van der Waals surface area contributed by atoms with Gasteiger partial charge in [0, 0.05) is 10.0 Å². The van der Waals surface area contributed by atoms with Crippen molar-refractivity contribution in [2.75, 3.05) is 14.2 Å². The van der Waals surface area contributed by atoms with E-state index in [1.165, 1.54) is 38.5 Å². The third kappa shape index (κ3) is 3.88. The molecule has 128 valence electrons. The number of carbonyl (C=O) groups excluding carboxylic acids is 1. The van der Waals surface area contributed by atoms with Crippen LogP contribution in [0.2, 0.25) is 0 Å². The zero-order valence-electron chi connectivity index (χ0n) is 13.3. The van der Waals surface area contributed by atoms with E-state index in [9.17, 15) is 13.2 Å². The highest BCUT2D eigenvalue weighted by Crippen LogP contribution is 2.28. The molecule has 0 aromatic heterocycles. The molecule has 0 spiro atoms. The molecule has 0 aliphatic rings. The summed E-state index contributed by atoms with van der Waals surface area (Å²) in [5, 5.41) is 0. The van der Waals surface area contributed by atoms with Gasteiger partial charge in [0.2, 0.25) is 0 Å². The van der Waals surface area contributed by atoms with Crippen molar-refractivity contribution in [3.05, 3.63) is 52.0 Å². The van der Waals surface area contributed by atoms with Crippen molar-refractivity contribution < 1.29 is 22.7 Å². The molecule has 0 saturated heterocycles. The second kappa shape index (κ2) is 7.23. The molecule has 0 saturated carbocycles. The Kier molecular flexibility index (Phi) is 5.51. The number of carbonyl (C=O) groups is 1. The zero-order valence-corrected chi connectivity index (χ0v) is 15.7. The number of hydrogen-bond donors (Lipinski definition) is 1. The lowest BCUT2D eigenvalue weighted by Gasteiger charge is -2.12. The fourth-order valence-electron chi connectivity index (χ4n) is 2.08. The van der Waals surface area contributed by atoms with Crippen LogP contribution in [0.3, 0.4) is 0 Å². The molecule has 8 heteroatoms. The summed E-state index contributed by atoms with van der Waals surface area (Å²) in [6.45, 7) is 1.65. The van der Waals surface area contributed by atoms with Crippen LogP contribution in [0.15, 0.2) is 45.8 Å². The smallest absolute Gasteiger partial charge is 0.265 e. The minimum absolute atomic E-state index is 0.0331. The van der Waals surface area contributed by atoms with Crippen molar-refractivity contribution >= 4 is 31.9 Å². The number of amides is 1. The standard InChI is InChI=1S/C16H16BrNO5S/c1-10-4-6-12(17)9-15(10)24(20,21)18-16(19)11-5-7-13(22-2)14(8-11)23-3/h4-9H,1-3H3,(H,18,19). The van der Waals surface area contributed by atoms with Gasteiger partial charge in [-0.3, -0.25) is 4.79 Å². The molecule has 0 unspecified atom stereocenters. The molecule has 1 amide bonds. The summed E-state index contributed by atoms with van der Waals surface area (Å²) in [5.74, 6) is 0.0243. The van der Waals surface area contributed by atoms with Crippen LogP contribution >= 0.6 is 15.9 Å². The summed E-state index contributed by atoms with van der Waals surface area (Å²) in [4.78, 5) is 12.3. The average Bonchev–Trinajstić information content (AvgIpc) is 2.55. The number of aryl methyl sites for hydroxylation is 1. The molecule has 0 radical (unpaired) electrons. The van der Waals surface area contributed by atoms with Gasteiger partial charge in [-0.1, -0.05) is 22.0 Å². The first-order valence-corrected chi connectivity index (χ1v) is 9.11. The van der Waals surface area contributed by atoms with E-state index in [1.807, 2.05) is 0 Å². The second-order valence-electron chi connectivity index (χ2n) is 4.91. The Morgan fingerprint density at radius 2 is 1.71 bits per heavy atom. The summed E-state index contributed by atoms with van der Waals surface area (Å²) >= 11 is 3.23. The molecule has 2 aromatic rings. The number of halogens is 1. The maximum absolute atomic E-state index is 12.5. The van der Waals surface area contributed by atoms with Gasteiger partial charge in [-0.2, -0.15) is 0 Å². The summed E-state index contributed by atoms with van der Waals surface area (Å²) < 4.78 is 37.8. The van der Waals surface area contributed by atoms with E-state index in [-0.39, 0.29) is 10.5 Å². The van der Waals surface area contributed by atoms with Gasteiger partial charge in [-0.05, 0) is 42.8 Å². The van der Waals surface area contributed by atoms with Gasteiger partial charge in [0.1, 0.15) is 0 Å². The summed E-state index contributed by atoms with van der Waals surface area (Å²) in [7, 11) is -1.10. The largest absolute Gasteiger partial charge is 0.493 e. The molecule has 0 atom stereocenters. The van der Waals surface area contributed by atoms with Crippen LogP contribution in [0.5, 0.6) is 11.5 Å². The lowest BCUT2D eigenvalue weighted by Crippen LogP contribution is -2.31. The van der Waals surface area contributed by atoms with Crippen LogP contribution in [-0.2, 0) is 10.0 Å². The zero-order chi connectivity index (χ0) is 17.9. The number of methoxy groups -OCH3 is 2. The Morgan fingerprint density at radius 3 is 2.33 bits per heavy atom. The van der Waals surface area contributed by atoms with E-state index in [0.29, 0.717) is 21.5 Å². The van der Waals surface area contributed by atoms with Gasteiger partial charge in [0.25, 0.3) is 15.9 Å². The highest BCUT2D eigenvalue weighted by molar-refractivity contribution is 9.10. The maximum Gasteiger partial charge on any atom is 0.265 e. The van der Waals surface area contributed by atoms with Crippen molar-refractivity contribution in [2.24, 2.45) is 0 Å². The molecular weight excluding hydrogens is 398 g/mol. The van der Waals surface area contributed by atoms with Crippen LogP contribution in [0, 0.1) is 6.92 Å². The maximum atomic E-state index is 12.5. The fraction of sp³-hybridized carbons (Fsp3) is 0.188. The van der Waals surface area contributed by atoms with Crippen LogP contribution in [0.25, 0.3) is 0 Å². The summed E-state index contributed by atoms with van der Waals surface area (Å²) in [6, 6.07) is 9.23. The minimum Gasteiger partial charge on any atom is -0.493 e. The lowest BCUT2D eigenvalue weighted by atomic mass is 10.2. The highest BCUT2D eigenvalue weighted by Gasteiger charge is 2.22. The predicted molar refractivity (Wildman–Crippen MR) is 93.1 cm³/mol. The third-order valence-electron chi connectivity index (χ3n) is 3.31. The van der Waals surface area contributed by atoms with E-state index in [1.54, 1.807) is 19.1 Å². The van der Waals surface area contributed by atoms with Gasteiger partial charge < -0.3 is 9.47 Å². The molecule has 24 heavy (non-hydrogen) atoms. The Bertz CT molecular complexity index is 880. The Labute approximate surface area is 149 Å². The van der Waals surface area contributed by atoms with E-state index in [2.05, 4.69) is 20.7 Å². The number of ether oxygens (including phenoxy) is 2. The predicted octanol–water partition coefficient (Wildman–Crippen LogP) is 2.89. The Hall–Kier alpha value is -2.06. The number of hydrogen-bond acceptors (Lipinski definition) is 5. The molecular formula is C16H16BrNO5S. The first-order valence-electron chi connectivity index (χ1n) is 6.84. The summed E-state index contributed by atoms with van der Waals surface area (Å²) in [5.41, 5.74) is 0.676. The van der Waals surface area contributed by atoms with Crippen LogP contribution < -0.4 is 14.2 Å². The molecule has 0 heterocycles. The summed E-state index contributed by atoms with van der Waals surface area (Å²) in [6.07, 6.45) is 0. The van der Waals surface area contributed by atoms with E-state index < -0.39 is 15.9 Å². The van der Waals surface area contributed by atoms with Crippen molar-refractivity contribution in [2.45, 2.75) is 11.8 Å². The van der Waals surface area contributed by atoms with Gasteiger partial charge in [-0.15, -0.1) is 0 Å². The van der Waals surface area contributed by atoms with E-state index >= 15 is 0 Å². The average molecular weight is 414 g/mol. The lowest BCUT2D eigenvalue weighted by molar-refractivity contribution is 0.0981. The SMILES string of the molecule is COc1ccc(C(=O)NS(=O)(=O)c2cc(Br)ccc2C)cc1OC. The minimum atomic E-state index is -4.00. The van der Waals surface area contributed by atoms with Gasteiger partial charge in [0.15, 0.2) is 11.5 Å². The van der Waals surface area contributed by atoms with Crippen LogP contribution in [0.1, 0.15) is 15.9 Å². The molecule has 2 aromatic carbocycles. The molecule has 1 N–H and O–H groups in total. The number of nitrogens with one attached hydrogen (secondary N) is 1. The number of sulfonamides is 1. The highest BCUT2D eigenvalue weighted by atomic mass is 79.9. The van der Waals surface area contributed by atoms with Gasteiger partial charge >= 0.3 is 0 Å². The van der Waals surface area contributed by atoms with Crippen molar-refractivity contribution in [3.8, 4) is 11.5 Å². The van der Waals surface area contributed by atoms with Gasteiger partial charge in [-0.25, -0.2) is 13.1 Å². The number of benzene rings is 2. The third-order valence-corrected chi connectivity index (χ3v) is 5.28. The fourth-order valence-corrected chi connectivity index (χ4v) is 3.84. The topological polar surface area (TPSA) is 81.7 Å². The molecule has 0 fully saturated rings. The molecule has 2 rings (SSSR count).